The fourth-order valence-electron chi connectivity index (χ4n) is 2.68. The van der Waals surface area contributed by atoms with Gasteiger partial charge in [0.25, 0.3) is 5.91 Å². The SMILES string of the molecule is COc1ccc(-c2nnc3ccc(OCCNC(=O)c4ccc(=O)oc4)nn23)cc1. The van der Waals surface area contributed by atoms with Crippen molar-refractivity contribution in [3.8, 4) is 23.0 Å². The zero-order valence-electron chi connectivity index (χ0n) is 15.9. The van der Waals surface area contributed by atoms with Crippen LogP contribution in [-0.4, -0.2) is 46.0 Å². The quantitative estimate of drug-likeness (QED) is 0.458. The summed E-state index contributed by atoms with van der Waals surface area (Å²) in [5, 5.41) is 15.4. The molecule has 1 aromatic carbocycles. The van der Waals surface area contributed by atoms with Gasteiger partial charge in [-0.2, -0.15) is 4.52 Å². The van der Waals surface area contributed by atoms with E-state index in [2.05, 4.69) is 25.0 Å². The Hall–Kier alpha value is -4.21. The average Bonchev–Trinajstić information content (AvgIpc) is 3.20. The van der Waals surface area contributed by atoms with E-state index in [4.69, 9.17) is 9.47 Å². The molecule has 0 atom stereocenters. The largest absolute Gasteiger partial charge is 0.497 e. The second kappa shape index (κ2) is 8.43. The fraction of sp³-hybridized carbons (Fsp3) is 0.150. The lowest BCUT2D eigenvalue weighted by atomic mass is 10.2. The molecule has 0 radical (unpaired) electrons. The van der Waals surface area contributed by atoms with Crippen LogP contribution in [0.3, 0.4) is 0 Å². The first-order chi connectivity index (χ1) is 14.6. The number of nitrogens with zero attached hydrogens (tertiary/aromatic N) is 4. The van der Waals surface area contributed by atoms with Crippen molar-refractivity contribution in [3.63, 3.8) is 0 Å². The Bertz CT molecular complexity index is 1210. The second-order valence-electron chi connectivity index (χ2n) is 6.14. The molecule has 0 aliphatic carbocycles. The van der Waals surface area contributed by atoms with Gasteiger partial charge in [0, 0.05) is 17.7 Å². The predicted molar refractivity (Wildman–Crippen MR) is 106 cm³/mol. The Labute approximate surface area is 170 Å². The summed E-state index contributed by atoms with van der Waals surface area (Å²) in [7, 11) is 1.60. The summed E-state index contributed by atoms with van der Waals surface area (Å²) < 4.78 is 17.0. The highest BCUT2D eigenvalue weighted by molar-refractivity contribution is 5.93. The van der Waals surface area contributed by atoms with Crippen LogP contribution in [-0.2, 0) is 0 Å². The molecule has 0 saturated heterocycles. The highest BCUT2D eigenvalue weighted by atomic mass is 16.5. The van der Waals surface area contributed by atoms with E-state index in [1.807, 2.05) is 24.3 Å². The Balaban J connectivity index is 1.40. The molecule has 0 unspecified atom stereocenters. The zero-order valence-corrected chi connectivity index (χ0v) is 15.9. The van der Waals surface area contributed by atoms with Gasteiger partial charge in [-0.15, -0.1) is 15.3 Å². The topological polar surface area (TPSA) is 121 Å². The minimum atomic E-state index is -0.514. The summed E-state index contributed by atoms with van der Waals surface area (Å²) in [4.78, 5) is 22.9. The van der Waals surface area contributed by atoms with E-state index in [1.54, 1.807) is 23.8 Å². The fourth-order valence-corrected chi connectivity index (χ4v) is 2.68. The van der Waals surface area contributed by atoms with E-state index in [9.17, 15) is 9.59 Å². The minimum absolute atomic E-state index is 0.195. The van der Waals surface area contributed by atoms with Crippen LogP contribution < -0.4 is 20.4 Å². The Morgan fingerprint density at radius 2 is 1.93 bits per heavy atom. The normalized spacial score (nSPS) is 10.7. The number of amides is 1. The second-order valence-corrected chi connectivity index (χ2v) is 6.14. The third kappa shape index (κ3) is 4.12. The van der Waals surface area contributed by atoms with Crippen molar-refractivity contribution in [1.29, 1.82) is 0 Å². The van der Waals surface area contributed by atoms with Crippen LogP contribution in [0.25, 0.3) is 17.0 Å². The molecule has 10 heteroatoms. The average molecular weight is 407 g/mol. The van der Waals surface area contributed by atoms with Gasteiger partial charge in [-0.25, -0.2) is 4.79 Å². The van der Waals surface area contributed by atoms with Gasteiger partial charge in [-0.3, -0.25) is 4.79 Å². The van der Waals surface area contributed by atoms with E-state index in [1.165, 1.54) is 12.1 Å². The number of rotatable bonds is 7. The lowest BCUT2D eigenvalue weighted by Crippen LogP contribution is -2.28. The Morgan fingerprint density at radius 1 is 1.10 bits per heavy atom. The summed E-state index contributed by atoms with van der Waals surface area (Å²) in [6, 6.07) is 13.4. The van der Waals surface area contributed by atoms with Gasteiger partial charge in [-0.1, -0.05) is 0 Å². The molecule has 30 heavy (non-hydrogen) atoms. The summed E-state index contributed by atoms with van der Waals surface area (Å²) in [5.41, 5.74) is 1.14. The lowest BCUT2D eigenvalue weighted by molar-refractivity contribution is 0.0944. The molecule has 4 rings (SSSR count). The molecular weight excluding hydrogens is 390 g/mol. The van der Waals surface area contributed by atoms with Gasteiger partial charge in [0.1, 0.15) is 18.6 Å². The highest BCUT2D eigenvalue weighted by Gasteiger charge is 2.11. The summed E-state index contributed by atoms with van der Waals surface area (Å²) in [6.07, 6.45) is 1.11. The van der Waals surface area contributed by atoms with E-state index >= 15 is 0 Å². The number of nitrogens with one attached hydrogen (secondary N) is 1. The molecule has 0 aliphatic heterocycles. The summed E-state index contributed by atoms with van der Waals surface area (Å²) in [6.45, 7) is 0.437. The number of carbonyl (C=O) groups is 1. The van der Waals surface area contributed by atoms with Crippen LogP contribution in [0.2, 0.25) is 0 Å². The molecule has 0 bridgehead atoms. The lowest BCUT2D eigenvalue weighted by Gasteiger charge is -2.07. The van der Waals surface area contributed by atoms with Crippen molar-refractivity contribution in [2.24, 2.45) is 0 Å². The molecule has 0 saturated carbocycles. The van der Waals surface area contributed by atoms with Gasteiger partial charge in [-0.05, 0) is 36.4 Å². The van der Waals surface area contributed by atoms with E-state index < -0.39 is 5.63 Å². The number of fused-ring (bicyclic) bond motifs is 1. The van der Waals surface area contributed by atoms with Crippen molar-refractivity contribution < 1.29 is 18.7 Å². The first-order valence-electron chi connectivity index (χ1n) is 9.01. The molecule has 3 aromatic heterocycles. The molecule has 0 aliphatic rings. The summed E-state index contributed by atoms with van der Waals surface area (Å²) in [5.74, 6) is 1.30. The first-order valence-corrected chi connectivity index (χ1v) is 9.01. The van der Waals surface area contributed by atoms with E-state index in [-0.39, 0.29) is 24.6 Å². The van der Waals surface area contributed by atoms with Gasteiger partial charge in [0.15, 0.2) is 11.5 Å². The highest BCUT2D eigenvalue weighted by Crippen LogP contribution is 2.21. The predicted octanol–water partition coefficient (Wildman–Crippen LogP) is 1.56. The van der Waals surface area contributed by atoms with Gasteiger partial charge in [0.2, 0.25) is 5.88 Å². The maximum Gasteiger partial charge on any atom is 0.335 e. The Morgan fingerprint density at radius 3 is 2.67 bits per heavy atom. The van der Waals surface area contributed by atoms with Crippen molar-refractivity contribution in [3.05, 3.63) is 70.8 Å². The number of hydrogen-bond donors (Lipinski definition) is 1. The molecule has 0 spiro atoms. The maximum absolute atomic E-state index is 12.0. The Kier molecular flexibility index (Phi) is 5.37. The van der Waals surface area contributed by atoms with Crippen LogP contribution in [0.15, 0.2) is 64.0 Å². The molecule has 3 heterocycles. The minimum Gasteiger partial charge on any atom is -0.497 e. The van der Waals surface area contributed by atoms with Crippen LogP contribution in [0, 0.1) is 0 Å². The standard InChI is InChI=1S/C20H17N5O5/c1-28-15-5-2-13(3-6-15)19-23-22-16-7-8-17(24-25(16)19)29-11-10-21-20(27)14-4-9-18(26)30-12-14/h2-9,12H,10-11H2,1H3,(H,21,27). The zero-order chi connectivity index (χ0) is 20.9. The van der Waals surface area contributed by atoms with Gasteiger partial charge >= 0.3 is 5.63 Å². The van der Waals surface area contributed by atoms with Crippen LogP contribution in [0.4, 0.5) is 0 Å². The molecule has 0 fully saturated rings. The molecule has 10 nitrogen and oxygen atoms in total. The number of methoxy groups -OCH3 is 1. The third-order valence-corrected chi connectivity index (χ3v) is 4.19. The molecule has 4 aromatic rings. The summed E-state index contributed by atoms with van der Waals surface area (Å²) >= 11 is 0. The maximum atomic E-state index is 12.0. The number of hydrogen-bond acceptors (Lipinski definition) is 8. The van der Waals surface area contributed by atoms with Crippen molar-refractivity contribution in [1.82, 2.24) is 25.1 Å². The molecule has 1 N–H and O–H groups in total. The molecule has 1 amide bonds. The first kappa shape index (κ1) is 19.1. The van der Waals surface area contributed by atoms with Crippen molar-refractivity contribution >= 4 is 11.6 Å². The number of benzene rings is 1. The third-order valence-electron chi connectivity index (χ3n) is 4.19. The van der Waals surface area contributed by atoms with Crippen molar-refractivity contribution in [2.75, 3.05) is 20.3 Å². The van der Waals surface area contributed by atoms with E-state index in [0.717, 1.165) is 17.6 Å². The number of carbonyl (C=O) groups excluding carboxylic acids is 1. The van der Waals surface area contributed by atoms with Crippen molar-refractivity contribution in [2.45, 2.75) is 0 Å². The smallest absolute Gasteiger partial charge is 0.335 e. The molecular formula is C20H17N5O5. The number of ether oxygens (including phenoxy) is 2. The van der Waals surface area contributed by atoms with Gasteiger partial charge < -0.3 is 19.2 Å². The monoisotopic (exact) mass is 407 g/mol. The van der Waals surface area contributed by atoms with Gasteiger partial charge in [0.05, 0.1) is 19.2 Å². The molecule has 152 valence electrons. The number of aromatic nitrogens is 4. The van der Waals surface area contributed by atoms with Crippen LogP contribution in [0.5, 0.6) is 11.6 Å². The van der Waals surface area contributed by atoms with E-state index in [0.29, 0.717) is 17.4 Å². The van der Waals surface area contributed by atoms with Crippen LogP contribution in [0.1, 0.15) is 10.4 Å². The van der Waals surface area contributed by atoms with Crippen LogP contribution >= 0.6 is 0 Å².